The zero-order valence-electron chi connectivity index (χ0n) is 18.8. The Hall–Kier alpha value is -3.64. The second kappa shape index (κ2) is 9.69. The number of furan rings is 1. The van der Waals surface area contributed by atoms with Crippen LogP contribution in [0.1, 0.15) is 25.0 Å². The Morgan fingerprint density at radius 1 is 1.15 bits per heavy atom. The molecule has 4 aromatic rings. The average molecular weight is 482 g/mol. The fourth-order valence-electron chi connectivity index (χ4n) is 3.83. The summed E-state index contributed by atoms with van der Waals surface area (Å²) in [5.74, 6) is -0.852. The van der Waals surface area contributed by atoms with Gasteiger partial charge in [0.25, 0.3) is 0 Å². The summed E-state index contributed by atoms with van der Waals surface area (Å²) in [5, 5.41) is 3.58. The fraction of sp³-hybridized carbons (Fsp3) is 0.148. The maximum atomic E-state index is 14.1. The number of carbonyl (C=O) groups excluding carboxylic acids is 1. The normalized spacial score (nSPS) is 11.6. The van der Waals surface area contributed by atoms with E-state index in [-0.39, 0.29) is 16.5 Å². The van der Waals surface area contributed by atoms with Gasteiger partial charge in [0.2, 0.25) is 5.91 Å². The van der Waals surface area contributed by atoms with Crippen LogP contribution in [0.5, 0.6) is 5.75 Å². The minimum absolute atomic E-state index is 0.0311. The number of carbonyl (C=O) groups is 1. The number of fused-ring (bicyclic) bond motifs is 1. The van der Waals surface area contributed by atoms with Crippen molar-refractivity contribution in [3.63, 3.8) is 0 Å². The Morgan fingerprint density at radius 2 is 1.88 bits per heavy atom. The molecule has 0 spiro atoms. The van der Waals surface area contributed by atoms with Crippen molar-refractivity contribution in [3.05, 3.63) is 88.7 Å². The third kappa shape index (κ3) is 4.68. The molecule has 0 saturated heterocycles. The smallest absolute Gasteiger partial charge is 0.248 e. The van der Waals surface area contributed by atoms with Crippen molar-refractivity contribution in [1.29, 1.82) is 0 Å². The van der Waals surface area contributed by atoms with Gasteiger partial charge in [0.05, 0.1) is 18.6 Å². The minimum Gasteiger partial charge on any atom is -0.493 e. The average Bonchev–Trinajstić information content (AvgIpc) is 3.22. The highest BCUT2D eigenvalue weighted by Gasteiger charge is 2.19. The zero-order chi connectivity index (χ0) is 24.4. The van der Waals surface area contributed by atoms with E-state index in [0.29, 0.717) is 29.1 Å². The number of aryl methyl sites for hydroxylation is 1. The first-order chi connectivity index (χ1) is 16.3. The van der Waals surface area contributed by atoms with Crippen LogP contribution in [0.15, 0.2) is 65.3 Å². The Balaban J connectivity index is 1.77. The van der Waals surface area contributed by atoms with Gasteiger partial charge >= 0.3 is 0 Å². The van der Waals surface area contributed by atoms with E-state index in [9.17, 15) is 13.6 Å². The third-order valence-electron chi connectivity index (χ3n) is 5.45. The van der Waals surface area contributed by atoms with E-state index in [1.54, 1.807) is 25.3 Å². The molecule has 3 aromatic carbocycles. The van der Waals surface area contributed by atoms with Crippen molar-refractivity contribution in [2.75, 3.05) is 11.9 Å². The highest BCUT2D eigenvalue weighted by Crippen LogP contribution is 2.40. The Morgan fingerprint density at radius 3 is 2.56 bits per heavy atom. The van der Waals surface area contributed by atoms with Crippen LogP contribution < -0.4 is 10.1 Å². The lowest BCUT2D eigenvalue weighted by molar-refractivity contribution is -0.111. The Labute approximate surface area is 200 Å². The lowest BCUT2D eigenvalue weighted by atomic mass is 9.96. The molecule has 174 valence electrons. The van der Waals surface area contributed by atoms with Gasteiger partial charge in [0.1, 0.15) is 23.0 Å². The number of halogens is 3. The van der Waals surface area contributed by atoms with Crippen molar-refractivity contribution >= 4 is 39.7 Å². The second-order valence-electron chi connectivity index (χ2n) is 7.78. The van der Waals surface area contributed by atoms with Crippen molar-refractivity contribution in [1.82, 2.24) is 0 Å². The van der Waals surface area contributed by atoms with E-state index < -0.39 is 11.7 Å². The lowest BCUT2D eigenvalue weighted by Crippen LogP contribution is -2.10. The molecule has 0 fully saturated rings. The van der Waals surface area contributed by atoms with Crippen LogP contribution in [0, 0.1) is 18.6 Å². The van der Waals surface area contributed by atoms with Gasteiger partial charge in [-0.15, -0.1) is 0 Å². The van der Waals surface area contributed by atoms with Gasteiger partial charge < -0.3 is 14.5 Å². The molecule has 0 bridgehead atoms. The molecule has 1 aromatic heterocycles. The van der Waals surface area contributed by atoms with Crippen LogP contribution in [0.3, 0.4) is 0 Å². The number of allylic oxidation sites excluding steroid dienone is 1. The first-order valence-electron chi connectivity index (χ1n) is 10.7. The minimum atomic E-state index is -0.624. The molecule has 1 heterocycles. The number of ether oxygens (including phenoxy) is 1. The molecule has 1 N–H and O–H groups in total. The highest BCUT2D eigenvalue weighted by atomic mass is 35.5. The number of benzene rings is 3. The molecule has 0 radical (unpaired) electrons. The predicted octanol–water partition coefficient (Wildman–Crippen LogP) is 7.78. The van der Waals surface area contributed by atoms with Gasteiger partial charge in [-0.1, -0.05) is 23.7 Å². The summed E-state index contributed by atoms with van der Waals surface area (Å²) in [6, 6.07) is 12.1. The number of hydrogen-bond donors (Lipinski definition) is 1. The van der Waals surface area contributed by atoms with Crippen molar-refractivity contribution < 1.29 is 22.7 Å². The van der Waals surface area contributed by atoms with E-state index in [1.165, 1.54) is 30.3 Å². The SMILES string of the molecule is CCOc1c(/C(C)=C/C(=O)Nc2ccc(Cl)cc2F)cc2c(-c3ccc(F)cc3)coc2c1C. The Kier molecular flexibility index (Phi) is 6.70. The molecule has 1 amide bonds. The summed E-state index contributed by atoms with van der Waals surface area (Å²) < 4.78 is 39.3. The second-order valence-corrected chi connectivity index (χ2v) is 8.22. The number of hydrogen-bond acceptors (Lipinski definition) is 3. The van der Waals surface area contributed by atoms with Gasteiger partial charge in [-0.2, -0.15) is 0 Å². The molecule has 0 atom stereocenters. The molecule has 4 rings (SSSR count). The molecule has 0 aliphatic carbocycles. The first kappa shape index (κ1) is 23.5. The standard InChI is InChI=1S/C27H22ClF2NO3/c1-4-33-26-16(3)27-21(22(14-34-27)17-5-8-19(29)9-6-17)13-20(26)15(2)11-25(32)31-24-10-7-18(28)12-23(24)30/h5-14H,4H2,1-3H3,(H,31,32)/b15-11+. The summed E-state index contributed by atoms with van der Waals surface area (Å²) in [6.07, 6.45) is 3.01. The van der Waals surface area contributed by atoms with E-state index in [2.05, 4.69) is 5.32 Å². The summed E-state index contributed by atoms with van der Waals surface area (Å²) in [6.45, 7) is 5.94. The number of nitrogens with one attached hydrogen (secondary N) is 1. The van der Waals surface area contributed by atoms with E-state index >= 15 is 0 Å². The molecular weight excluding hydrogens is 460 g/mol. The van der Waals surface area contributed by atoms with Gasteiger partial charge in [0.15, 0.2) is 0 Å². The van der Waals surface area contributed by atoms with Crippen molar-refractivity contribution in [2.45, 2.75) is 20.8 Å². The zero-order valence-corrected chi connectivity index (χ0v) is 19.6. The summed E-state index contributed by atoms with van der Waals surface area (Å²) in [4.78, 5) is 12.6. The monoisotopic (exact) mass is 481 g/mol. The van der Waals surface area contributed by atoms with Crippen LogP contribution >= 0.6 is 11.6 Å². The predicted molar refractivity (Wildman–Crippen MR) is 131 cm³/mol. The van der Waals surface area contributed by atoms with Gasteiger partial charge in [-0.05, 0) is 68.3 Å². The van der Waals surface area contributed by atoms with Gasteiger partial charge in [-0.3, -0.25) is 4.79 Å². The van der Waals surface area contributed by atoms with Crippen LogP contribution in [0.2, 0.25) is 5.02 Å². The summed E-state index contributed by atoms with van der Waals surface area (Å²) >= 11 is 5.78. The number of anilines is 1. The molecular formula is C27H22ClF2NO3. The number of rotatable bonds is 6. The van der Waals surface area contributed by atoms with E-state index in [0.717, 1.165) is 28.1 Å². The lowest BCUT2D eigenvalue weighted by Gasteiger charge is -2.15. The quantitative estimate of drug-likeness (QED) is 0.286. The molecule has 0 saturated carbocycles. The summed E-state index contributed by atoms with van der Waals surface area (Å²) in [5.41, 5.74) is 4.36. The van der Waals surface area contributed by atoms with Crippen LogP contribution in [0.4, 0.5) is 14.5 Å². The fourth-order valence-corrected chi connectivity index (χ4v) is 3.98. The van der Waals surface area contributed by atoms with Crippen LogP contribution in [0.25, 0.3) is 27.7 Å². The molecule has 4 nitrogen and oxygen atoms in total. The molecule has 0 aliphatic heterocycles. The number of amides is 1. The van der Waals surface area contributed by atoms with Crippen molar-refractivity contribution in [2.24, 2.45) is 0 Å². The maximum Gasteiger partial charge on any atom is 0.248 e. The van der Waals surface area contributed by atoms with Crippen LogP contribution in [-0.4, -0.2) is 12.5 Å². The molecule has 34 heavy (non-hydrogen) atoms. The summed E-state index contributed by atoms with van der Waals surface area (Å²) in [7, 11) is 0. The van der Waals surface area contributed by atoms with E-state index in [1.807, 2.05) is 19.9 Å². The largest absolute Gasteiger partial charge is 0.493 e. The highest BCUT2D eigenvalue weighted by molar-refractivity contribution is 6.30. The molecule has 0 unspecified atom stereocenters. The van der Waals surface area contributed by atoms with Crippen LogP contribution in [-0.2, 0) is 4.79 Å². The third-order valence-corrected chi connectivity index (χ3v) is 5.68. The van der Waals surface area contributed by atoms with E-state index in [4.69, 9.17) is 20.8 Å². The van der Waals surface area contributed by atoms with Gasteiger partial charge in [0, 0.05) is 33.2 Å². The molecule has 0 aliphatic rings. The first-order valence-corrected chi connectivity index (χ1v) is 11.0. The molecule has 7 heteroatoms. The van der Waals surface area contributed by atoms with Crippen molar-refractivity contribution in [3.8, 4) is 16.9 Å². The topological polar surface area (TPSA) is 51.5 Å². The Bertz CT molecular complexity index is 1410. The maximum absolute atomic E-state index is 14.1. The van der Waals surface area contributed by atoms with Gasteiger partial charge in [-0.25, -0.2) is 8.78 Å².